The van der Waals surface area contributed by atoms with Crippen molar-refractivity contribution in [3.63, 3.8) is 0 Å². The molecule has 1 heterocycles. The predicted molar refractivity (Wildman–Crippen MR) is 44.3 cm³/mol. The number of amides is 1. The molecule has 3 heteroatoms. The minimum Gasteiger partial charge on any atom is -0.356 e. The highest BCUT2D eigenvalue weighted by molar-refractivity contribution is 5.46. The van der Waals surface area contributed by atoms with Gasteiger partial charge < -0.3 is 10.6 Å². The van der Waals surface area contributed by atoms with E-state index < -0.39 is 0 Å². The first-order valence-corrected chi connectivity index (χ1v) is 4.25. The van der Waals surface area contributed by atoms with Crippen LogP contribution in [0.4, 0.5) is 0 Å². The Morgan fingerprint density at radius 2 is 2.18 bits per heavy atom. The molecule has 0 aliphatic carbocycles. The summed E-state index contributed by atoms with van der Waals surface area (Å²) in [6, 6.07) is 0.342. The van der Waals surface area contributed by atoms with E-state index in [0.717, 1.165) is 19.5 Å². The SMILES string of the molecule is C[C@@H](NC=O)C1CCNCC1. The van der Waals surface area contributed by atoms with Gasteiger partial charge >= 0.3 is 0 Å². The summed E-state index contributed by atoms with van der Waals surface area (Å²) in [6.45, 7) is 4.26. The van der Waals surface area contributed by atoms with Crippen molar-refractivity contribution >= 4 is 6.41 Å². The highest BCUT2D eigenvalue weighted by Gasteiger charge is 2.18. The van der Waals surface area contributed by atoms with Crippen LogP contribution in [-0.4, -0.2) is 25.5 Å². The van der Waals surface area contributed by atoms with Crippen LogP contribution in [0, 0.1) is 5.92 Å². The number of carbonyl (C=O) groups is 1. The van der Waals surface area contributed by atoms with Crippen LogP contribution >= 0.6 is 0 Å². The van der Waals surface area contributed by atoms with Gasteiger partial charge in [-0.1, -0.05) is 0 Å². The van der Waals surface area contributed by atoms with Gasteiger partial charge in [0.25, 0.3) is 0 Å². The molecule has 2 N–H and O–H groups in total. The van der Waals surface area contributed by atoms with Gasteiger partial charge in [0.15, 0.2) is 0 Å². The van der Waals surface area contributed by atoms with Gasteiger partial charge in [-0.25, -0.2) is 0 Å². The lowest BCUT2D eigenvalue weighted by atomic mass is 9.91. The van der Waals surface area contributed by atoms with Crippen LogP contribution in [0.5, 0.6) is 0 Å². The molecule has 0 spiro atoms. The van der Waals surface area contributed by atoms with Crippen molar-refractivity contribution in [2.75, 3.05) is 13.1 Å². The Hall–Kier alpha value is -0.570. The summed E-state index contributed by atoms with van der Waals surface area (Å²) in [7, 11) is 0. The van der Waals surface area contributed by atoms with E-state index in [2.05, 4.69) is 17.6 Å². The molecule has 11 heavy (non-hydrogen) atoms. The molecular formula is C8H16N2O. The average Bonchev–Trinajstić information content (AvgIpc) is 2.07. The Morgan fingerprint density at radius 3 is 2.73 bits per heavy atom. The monoisotopic (exact) mass is 156 g/mol. The Balaban J connectivity index is 2.26. The second-order valence-electron chi connectivity index (χ2n) is 3.16. The molecule has 1 aliphatic rings. The number of hydrogen-bond donors (Lipinski definition) is 2. The highest BCUT2D eigenvalue weighted by atomic mass is 16.1. The van der Waals surface area contributed by atoms with Crippen molar-refractivity contribution in [1.82, 2.24) is 10.6 Å². The minimum atomic E-state index is 0.342. The molecular weight excluding hydrogens is 140 g/mol. The van der Waals surface area contributed by atoms with Gasteiger partial charge in [-0.05, 0) is 38.8 Å². The number of hydrogen-bond acceptors (Lipinski definition) is 2. The number of piperidine rings is 1. The van der Waals surface area contributed by atoms with Crippen molar-refractivity contribution in [2.24, 2.45) is 5.92 Å². The van der Waals surface area contributed by atoms with Crippen LogP contribution < -0.4 is 10.6 Å². The first kappa shape index (κ1) is 8.53. The quantitative estimate of drug-likeness (QED) is 0.570. The van der Waals surface area contributed by atoms with E-state index >= 15 is 0 Å². The van der Waals surface area contributed by atoms with E-state index in [-0.39, 0.29) is 0 Å². The Labute approximate surface area is 67.5 Å². The molecule has 1 saturated heterocycles. The van der Waals surface area contributed by atoms with Gasteiger partial charge in [-0.3, -0.25) is 4.79 Å². The molecule has 3 nitrogen and oxygen atoms in total. The third kappa shape index (κ3) is 2.50. The molecule has 0 radical (unpaired) electrons. The summed E-state index contributed by atoms with van der Waals surface area (Å²) < 4.78 is 0. The average molecular weight is 156 g/mol. The molecule has 0 aromatic carbocycles. The molecule has 1 atom stereocenters. The molecule has 0 aromatic heterocycles. The van der Waals surface area contributed by atoms with Crippen LogP contribution in [0.2, 0.25) is 0 Å². The molecule has 0 bridgehead atoms. The first-order valence-electron chi connectivity index (χ1n) is 4.25. The second kappa shape index (κ2) is 4.34. The summed E-state index contributed by atoms with van der Waals surface area (Å²) >= 11 is 0. The minimum absolute atomic E-state index is 0.342. The summed E-state index contributed by atoms with van der Waals surface area (Å²) in [4.78, 5) is 10.1. The molecule has 1 aliphatic heterocycles. The van der Waals surface area contributed by atoms with Crippen molar-refractivity contribution in [3.05, 3.63) is 0 Å². The maximum atomic E-state index is 10.1. The van der Waals surface area contributed by atoms with Gasteiger partial charge in [0.1, 0.15) is 0 Å². The molecule has 1 amide bonds. The third-order valence-corrected chi connectivity index (χ3v) is 2.42. The van der Waals surface area contributed by atoms with Gasteiger partial charge in [0, 0.05) is 6.04 Å². The predicted octanol–water partition coefficient (Wildman–Crippen LogP) is 0.120. The number of carbonyl (C=O) groups excluding carboxylic acids is 1. The third-order valence-electron chi connectivity index (χ3n) is 2.42. The Kier molecular flexibility index (Phi) is 3.36. The van der Waals surface area contributed by atoms with Gasteiger partial charge in [-0.2, -0.15) is 0 Å². The number of rotatable bonds is 3. The molecule has 64 valence electrons. The van der Waals surface area contributed by atoms with E-state index in [4.69, 9.17) is 0 Å². The first-order chi connectivity index (χ1) is 5.34. The van der Waals surface area contributed by atoms with Crippen molar-refractivity contribution in [3.8, 4) is 0 Å². The fourth-order valence-electron chi connectivity index (χ4n) is 1.59. The normalized spacial score (nSPS) is 22.6. The van der Waals surface area contributed by atoms with Crippen molar-refractivity contribution < 1.29 is 4.79 Å². The van der Waals surface area contributed by atoms with Gasteiger partial charge in [-0.15, -0.1) is 0 Å². The zero-order chi connectivity index (χ0) is 8.10. The molecule has 0 unspecified atom stereocenters. The van der Waals surface area contributed by atoms with Crippen LogP contribution in [-0.2, 0) is 4.79 Å². The van der Waals surface area contributed by atoms with Crippen molar-refractivity contribution in [1.29, 1.82) is 0 Å². The maximum absolute atomic E-state index is 10.1. The molecule has 0 saturated carbocycles. The fraction of sp³-hybridized carbons (Fsp3) is 0.875. The summed E-state index contributed by atoms with van der Waals surface area (Å²) in [5.41, 5.74) is 0. The summed E-state index contributed by atoms with van der Waals surface area (Å²) in [6.07, 6.45) is 3.16. The largest absolute Gasteiger partial charge is 0.356 e. The molecule has 1 fully saturated rings. The Bertz CT molecular complexity index is 121. The standard InChI is InChI=1S/C8H16N2O/c1-7(10-6-11)8-2-4-9-5-3-8/h6-9H,2-5H2,1H3,(H,10,11)/t7-/m1/s1. The van der Waals surface area contributed by atoms with Crippen LogP contribution in [0.3, 0.4) is 0 Å². The van der Waals surface area contributed by atoms with E-state index in [1.54, 1.807) is 0 Å². The summed E-state index contributed by atoms with van der Waals surface area (Å²) in [5, 5.41) is 6.10. The number of nitrogens with one attached hydrogen (secondary N) is 2. The fourth-order valence-corrected chi connectivity index (χ4v) is 1.59. The highest BCUT2D eigenvalue weighted by Crippen LogP contribution is 2.15. The maximum Gasteiger partial charge on any atom is 0.207 e. The van der Waals surface area contributed by atoms with E-state index in [1.165, 1.54) is 12.8 Å². The smallest absolute Gasteiger partial charge is 0.207 e. The van der Waals surface area contributed by atoms with Crippen molar-refractivity contribution in [2.45, 2.75) is 25.8 Å². The Morgan fingerprint density at radius 1 is 1.55 bits per heavy atom. The molecule has 1 rings (SSSR count). The van der Waals surface area contributed by atoms with Crippen LogP contribution in [0.25, 0.3) is 0 Å². The van der Waals surface area contributed by atoms with Gasteiger partial charge in [0.05, 0.1) is 0 Å². The van der Waals surface area contributed by atoms with Crippen LogP contribution in [0.1, 0.15) is 19.8 Å². The molecule has 0 aromatic rings. The zero-order valence-corrected chi connectivity index (χ0v) is 6.97. The van der Waals surface area contributed by atoms with Gasteiger partial charge in [0.2, 0.25) is 6.41 Å². The van der Waals surface area contributed by atoms with E-state index in [0.29, 0.717) is 12.0 Å². The zero-order valence-electron chi connectivity index (χ0n) is 6.97. The van der Waals surface area contributed by atoms with E-state index in [9.17, 15) is 4.79 Å². The lowest BCUT2D eigenvalue weighted by molar-refractivity contribution is -0.110. The topological polar surface area (TPSA) is 41.1 Å². The lowest BCUT2D eigenvalue weighted by Crippen LogP contribution is -2.39. The summed E-state index contributed by atoms with van der Waals surface area (Å²) in [5.74, 6) is 0.668. The lowest BCUT2D eigenvalue weighted by Gasteiger charge is -2.27. The van der Waals surface area contributed by atoms with Crippen LogP contribution in [0.15, 0.2) is 0 Å². The van der Waals surface area contributed by atoms with E-state index in [1.807, 2.05) is 0 Å². The second-order valence-corrected chi connectivity index (χ2v) is 3.16.